The van der Waals surface area contributed by atoms with E-state index in [0.29, 0.717) is 18.4 Å². The van der Waals surface area contributed by atoms with Gasteiger partial charge in [-0.1, -0.05) is 34.1 Å². The number of piperidine rings is 1. The molecule has 1 atom stereocenters. The zero-order valence-electron chi connectivity index (χ0n) is 17.4. The van der Waals surface area contributed by atoms with Gasteiger partial charge in [-0.2, -0.15) is 0 Å². The van der Waals surface area contributed by atoms with Crippen LogP contribution >= 0.6 is 15.9 Å². The van der Waals surface area contributed by atoms with E-state index >= 15 is 0 Å². The van der Waals surface area contributed by atoms with Gasteiger partial charge < -0.3 is 14.4 Å². The number of rotatable bonds is 6. The van der Waals surface area contributed by atoms with Crippen molar-refractivity contribution in [2.24, 2.45) is 11.8 Å². The van der Waals surface area contributed by atoms with E-state index in [-0.39, 0.29) is 6.09 Å². The maximum atomic E-state index is 12.2. The van der Waals surface area contributed by atoms with Gasteiger partial charge in [-0.15, -0.1) is 0 Å². The van der Waals surface area contributed by atoms with Crippen LogP contribution < -0.4 is 9.64 Å². The van der Waals surface area contributed by atoms with E-state index in [1.165, 1.54) is 18.4 Å². The highest BCUT2D eigenvalue weighted by atomic mass is 79.9. The van der Waals surface area contributed by atoms with Crippen molar-refractivity contribution in [2.45, 2.75) is 19.3 Å². The molecule has 5 nitrogen and oxygen atoms in total. The van der Waals surface area contributed by atoms with Gasteiger partial charge in [0, 0.05) is 29.2 Å². The Bertz CT molecular complexity index is 853. The van der Waals surface area contributed by atoms with Crippen molar-refractivity contribution < 1.29 is 14.3 Å². The van der Waals surface area contributed by atoms with Gasteiger partial charge in [-0.05, 0) is 74.2 Å². The fraction of sp³-hybridized carbons (Fsp3) is 0.458. The molecule has 0 aromatic heterocycles. The summed E-state index contributed by atoms with van der Waals surface area (Å²) < 4.78 is 12.0. The molecule has 2 aliphatic rings. The van der Waals surface area contributed by atoms with Crippen LogP contribution in [0, 0.1) is 11.8 Å². The summed E-state index contributed by atoms with van der Waals surface area (Å²) in [5.74, 6) is 1.95. The molecule has 0 radical (unpaired) electrons. The number of cyclic esters (lactones) is 1. The third kappa shape index (κ3) is 5.16. The Balaban J connectivity index is 1.28. The second kappa shape index (κ2) is 9.84. The summed E-state index contributed by atoms with van der Waals surface area (Å²) >= 11 is 3.68. The molecular formula is C24H29BrN2O3. The Morgan fingerprint density at radius 1 is 1.10 bits per heavy atom. The number of halogens is 1. The van der Waals surface area contributed by atoms with Crippen molar-refractivity contribution in [3.8, 4) is 5.75 Å². The van der Waals surface area contributed by atoms with Crippen LogP contribution in [0.4, 0.5) is 10.5 Å². The molecule has 4 rings (SSSR count). The summed E-state index contributed by atoms with van der Waals surface area (Å²) in [4.78, 5) is 16.5. The number of anilines is 1. The molecule has 0 spiro atoms. The van der Waals surface area contributed by atoms with Gasteiger partial charge in [0.25, 0.3) is 0 Å². The highest BCUT2D eigenvalue weighted by Gasteiger charge is 2.30. The third-order valence-electron chi connectivity index (χ3n) is 6.16. The monoisotopic (exact) mass is 472 g/mol. The summed E-state index contributed by atoms with van der Waals surface area (Å²) in [6.07, 6.45) is 3.23. The molecular weight excluding hydrogens is 444 g/mol. The van der Waals surface area contributed by atoms with Crippen LogP contribution in [-0.2, 0) is 11.2 Å². The smallest absolute Gasteiger partial charge is 0.414 e. The van der Waals surface area contributed by atoms with E-state index in [1.807, 2.05) is 36.4 Å². The van der Waals surface area contributed by atoms with E-state index < -0.39 is 0 Å². The molecule has 2 fully saturated rings. The first-order valence-electron chi connectivity index (χ1n) is 10.7. The average molecular weight is 473 g/mol. The highest BCUT2D eigenvalue weighted by Crippen LogP contribution is 2.29. The molecule has 2 aromatic rings. The quantitative estimate of drug-likeness (QED) is 0.593. The summed E-state index contributed by atoms with van der Waals surface area (Å²) in [7, 11) is 1.72. The fourth-order valence-corrected chi connectivity index (χ4v) is 4.87. The Kier molecular flexibility index (Phi) is 6.95. The first kappa shape index (κ1) is 21.2. The Morgan fingerprint density at radius 2 is 1.87 bits per heavy atom. The van der Waals surface area contributed by atoms with E-state index in [9.17, 15) is 4.79 Å². The van der Waals surface area contributed by atoms with Crippen molar-refractivity contribution in [2.75, 3.05) is 44.8 Å². The van der Waals surface area contributed by atoms with Crippen LogP contribution in [0.1, 0.15) is 18.4 Å². The van der Waals surface area contributed by atoms with E-state index in [0.717, 1.165) is 48.5 Å². The number of carbonyl (C=O) groups excluding carboxylic acids is 1. The van der Waals surface area contributed by atoms with Crippen LogP contribution in [-0.4, -0.2) is 50.9 Å². The number of benzene rings is 2. The van der Waals surface area contributed by atoms with Gasteiger partial charge in [-0.25, -0.2) is 4.79 Å². The Hall–Kier alpha value is -2.05. The van der Waals surface area contributed by atoms with Crippen LogP contribution in [0.5, 0.6) is 5.75 Å². The van der Waals surface area contributed by atoms with Crippen LogP contribution in [0.2, 0.25) is 0 Å². The Labute approximate surface area is 187 Å². The molecule has 2 aliphatic heterocycles. The summed E-state index contributed by atoms with van der Waals surface area (Å²) in [5.41, 5.74) is 2.24. The van der Waals surface area contributed by atoms with Crippen molar-refractivity contribution in [1.82, 2.24) is 4.90 Å². The topological polar surface area (TPSA) is 42.0 Å². The van der Waals surface area contributed by atoms with Crippen molar-refractivity contribution in [3.63, 3.8) is 0 Å². The predicted octanol–water partition coefficient (Wildman–Crippen LogP) is 4.99. The largest absolute Gasteiger partial charge is 0.497 e. The second-order valence-corrected chi connectivity index (χ2v) is 9.15. The van der Waals surface area contributed by atoms with Crippen LogP contribution in [0.3, 0.4) is 0 Å². The van der Waals surface area contributed by atoms with Gasteiger partial charge >= 0.3 is 6.09 Å². The predicted molar refractivity (Wildman–Crippen MR) is 122 cm³/mol. The minimum absolute atomic E-state index is 0.236. The van der Waals surface area contributed by atoms with Crippen molar-refractivity contribution in [1.29, 1.82) is 0 Å². The molecule has 2 aromatic carbocycles. The number of hydrogen-bond donors (Lipinski definition) is 0. The molecule has 6 heteroatoms. The number of methoxy groups -OCH3 is 1. The maximum Gasteiger partial charge on any atom is 0.414 e. The molecule has 0 bridgehead atoms. The minimum Gasteiger partial charge on any atom is -0.497 e. The molecule has 0 saturated carbocycles. The number of likely N-dealkylation sites (tertiary alicyclic amines) is 1. The van der Waals surface area contributed by atoms with Crippen molar-refractivity contribution >= 4 is 27.7 Å². The highest BCUT2D eigenvalue weighted by molar-refractivity contribution is 9.10. The van der Waals surface area contributed by atoms with E-state index in [2.05, 4.69) is 33.0 Å². The molecule has 2 saturated heterocycles. The van der Waals surface area contributed by atoms with Gasteiger partial charge in [0.05, 0.1) is 13.7 Å². The molecule has 30 heavy (non-hydrogen) atoms. The number of hydrogen-bond acceptors (Lipinski definition) is 4. The van der Waals surface area contributed by atoms with Gasteiger partial charge in [0.2, 0.25) is 0 Å². The van der Waals surface area contributed by atoms with Gasteiger partial charge in [0.1, 0.15) is 5.75 Å². The fourth-order valence-electron chi connectivity index (χ4n) is 4.47. The summed E-state index contributed by atoms with van der Waals surface area (Å²) in [6, 6.07) is 16.0. The average Bonchev–Trinajstić information content (AvgIpc) is 2.78. The molecule has 160 valence electrons. The number of nitrogens with zero attached hydrogens (tertiary/aromatic N) is 2. The Morgan fingerprint density at radius 3 is 2.60 bits per heavy atom. The lowest BCUT2D eigenvalue weighted by Gasteiger charge is -2.38. The first-order valence-corrected chi connectivity index (χ1v) is 11.5. The van der Waals surface area contributed by atoms with E-state index in [1.54, 1.807) is 12.0 Å². The molecule has 1 amide bonds. The second-order valence-electron chi connectivity index (χ2n) is 8.29. The SMILES string of the molecule is COc1ccc(Br)c(CC2CCN(CC3COC(=O)N(c4ccccc4)C3)CC2)c1. The molecule has 0 N–H and O–H groups in total. The van der Waals surface area contributed by atoms with Crippen molar-refractivity contribution in [3.05, 3.63) is 58.6 Å². The number of ether oxygens (including phenoxy) is 2. The number of amides is 1. The minimum atomic E-state index is -0.236. The molecule has 2 heterocycles. The zero-order valence-corrected chi connectivity index (χ0v) is 19.0. The number of carbonyl (C=O) groups is 1. The lowest BCUT2D eigenvalue weighted by molar-refractivity contribution is 0.0870. The lowest BCUT2D eigenvalue weighted by atomic mass is 9.89. The number of para-hydroxylation sites is 1. The van der Waals surface area contributed by atoms with E-state index in [4.69, 9.17) is 9.47 Å². The van der Waals surface area contributed by atoms with Crippen LogP contribution in [0.25, 0.3) is 0 Å². The molecule has 1 unspecified atom stereocenters. The standard InChI is InChI=1S/C24H29BrN2O3/c1-29-22-7-8-23(25)20(14-22)13-18-9-11-26(12-10-18)15-19-16-27(24(28)30-17-19)21-5-3-2-4-6-21/h2-8,14,18-19H,9-13,15-17H2,1H3. The molecule has 0 aliphatic carbocycles. The van der Waals surface area contributed by atoms with Gasteiger partial charge in [-0.3, -0.25) is 4.90 Å². The third-order valence-corrected chi connectivity index (χ3v) is 6.93. The zero-order chi connectivity index (χ0) is 20.9. The lowest BCUT2D eigenvalue weighted by Crippen LogP contribution is -2.48. The van der Waals surface area contributed by atoms with Gasteiger partial charge in [0.15, 0.2) is 0 Å². The maximum absolute atomic E-state index is 12.2. The normalized spacial score (nSPS) is 20.8. The summed E-state index contributed by atoms with van der Waals surface area (Å²) in [5, 5.41) is 0. The first-order chi connectivity index (χ1) is 14.6. The van der Waals surface area contributed by atoms with Crippen LogP contribution in [0.15, 0.2) is 53.0 Å². The summed E-state index contributed by atoms with van der Waals surface area (Å²) in [6.45, 7) is 4.41.